The molecule has 1 aromatic rings. The van der Waals surface area contributed by atoms with Crippen molar-refractivity contribution in [1.82, 2.24) is 0 Å². The third-order valence-corrected chi connectivity index (χ3v) is 3.04. The minimum Gasteiger partial charge on any atom is -0.345 e. The first kappa shape index (κ1) is 11.1. The van der Waals surface area contributed by atoms with Crippen molar-refractivity contribution >= 4 is 15.9 Å². The first-order valence-electron chi connectivity index (χ1n) is 5.01. The summed E-state index contributed by atoms with van der Waals surface area (Å²) >= 11 is 3.40. The fourth-order valence-corrected chi connectivity index (χ4v) is 1.95. The van der Waals surface area contributed by atoms with E-state index in [0.717, 1.165) is 16.5 Å². The molecule has 0 aromatic heterocycles. The van der Waals surface area contributed by atoms with E-state index < -0.39 is 5.79 Å². The number of nitrogens with two attached hydrogens (primary N) is 1. The molecule has 3 nitrogen and oxygen atoms in total. The molecule has 15 heavy (non-hydrogen) atoms. The van der Waals surface area contributed by atoms with Gasteiger partial charge in [-0.1, -0.05) is 28.1 Å². The number of hydrogen-bond acceptors (Lipinski definition) is 3. The van der Waals surface area contributed by atoms with Crippen LogP contribution in [0.5, 0.6) is 0 Å². The van der Waals surface area contributed by atoms with Gasteiger partial charge in [-0.3, -0.25) is 0 Å². The van der Waals surface area contributed by atoms with E-state index in [-0.39, 0.29) is 0 Å². The number of benzene rings is 1. The van der Waals surface area contributed by atoms with E-state index in [1.54, 1.807) is 0 Å². The summed E-state index contributed by atoms with van der Waals surface area (Å²) in [5.41, 5.74) is 6.73. The van der Waals surface area contributed by atoms with Crippen LogP contribution in [0.4, 0.5) is 0 Å². The lowest BCUT2D eigenvalue weighted by Gasteiger charge is -2.36. The van der Waals surface area contributed by atoms with Crippen molar-refractivity contribution in [1.29, 1.82) is 0 Å². The van der Waals surface area contributed by atoms with Gasteiger partial charge >= 0.3 is 0 Å². The van der Waals surface area contributed by atoms with Gasteiger partial charge in [0, 0.05) is 10.0 Å². The fourth-order valence-electron chi connectivity index (χ4n) is 1.68. The van der Waals surface area contributed by atoms with Crippen molar-refractivity contribution in [2.45, 2.75) is 12.2 Å². The van der Waals surface area contributed by atoms with E-state index >= 15 is 0 Å². The van der Waals surface area contributed by atoms with Crippen molar-refractivity contribution in [3.63, 3.8) is 0 Å². The molecule has 82 valence electrons. The predicted molar refractivity (Wildman–Crippen MR) is 61.4 cm³/mol. The fraction of sp³-hybridized carbons (Fsp3) is 0.455. The van der Waals surface area contributed by atoms with Crippen LogP contribution in [-0.4, -0.2) is 19.8 Å². The quantitative estimate of drug-likeness (QED) is 0.895. The second kappa shape index (κ2) is 4.61. The van der Waals surface area contributed by atoms with Crippen molar-refractivity contribution in [2.75, 3.05) is 19.8 Å². The Kier molecular flexibility index (Phi) is 3.41. The molecule has 0 bridgehead atoms. The second-order valence-corrected chi connectivity index (χ2v) is 4.43. The zero-order chi connectivity index (χ0) is 10.7. The van der Waals surface area contributed by atoms with Crippen LogP contribution in [-0.2, 0) is 15.3 Å². The normalized spacial score (nSPS) is 20.1. The molecule has 2 rings (SSSR count). The van der Waals surface area contributed by atoms with Crippen LogP contribution < -0.4 is 5.73 Å². The summed E-state index contributed by atoms with van der Waals surface area (Å²) in [6.07, 6.45) is 0.929. The Morgan fingerprint density at radius 2 is 1.80 bits per heavy atom. The molecule has 1 heterocycles. The monoisotopic (exact) mass is 271 g/mol. The largest absolute Gasteiger partial charge is 0.345 e. The molecule has 0 unspecified atom stereocenters. The molecule has 0 amide bonds. The molecule has 0 saturated carbocycles. The molecule has 1 aromatic carbocycles. The van der Waals surface area contributed by atoms with E-state index in [4.69, 9.17) is 15.2 Å². The molecule has 0 radical (unpaired) electrons. The number of hydrogen-bond donors (Lipinski definition) is 1. The maximum absolute atomic E-state index is 5.75. The molecule has 1 aliphatic heterocycles. The Labute approximate surface area is 97.7 Å². The Morgan fingerprint density at radius 3 is 2.33 bits per heavy atom. The molecular formula is C11H14BrNO2. The van der Waals surface area contributed by atoms with Crippen molar-refractivity contribution in [3.05, 3.63) is 34.3 Å². The van der Waals surface area contributed by atoms with Crippen molar-refractivity contribution in [2.24, 2.45) is 5.73 Å². The molecule has 2 N–H and O–H groups in total. The van der Waals surface area contributed by atoms with Gasteiger partial charge in [-0.2, -0.15) is 0 Å². The summed E-state index contributed by atoms with van der Waals surface area (Å²) in [6.45, 7) is 1.75. The topological polar surface area (TPSA) is 44.5 Å². The van der Waals surface area contributed by atoms with Crippen LogP contribution in [0, 0.1) is 0 Å². The van der Waals surface area contributed by atoms with E-state index in [9.17, 15) is 0 Å². The second-order valence-electron chi connectivity index (χ2n) is 3.51. The summed E-state index contributed by atoms with van der Waals surface area (Å²) in [6, 6.07) is 7.88. The standard InChI is InChI=1S/C11H14BrNO2/c12-10-4-2-9(3-5-10)11(8-13)14-6-1-7-15-11/h2-5H,1,6-8,13H2. The minimum atomic E-state index is -0.737. The minimum absolute atomic E-state index is 0.342. The lowest BCUT2D eigenvalue weighted by molar-refractivity contribution is -0.269. The maximum Gasteiger partial charge on any atom is 0.207 e. The van der Waals surface area contributed by atoms with Crippen LogP contribution in [0.1, 0.15) is 12.0 Å². The van der Waals surface area contributed by atoms with Crippen LogP contribution in [0.3, 0.4) is 0 Å². The van der Waals surface area contributed by atoms with Gasteiger partial charge in [0.05, 0.1) is 19.8 Å². The number of ether oxygens (including phenoxy) is 2. The molecule has 1 fully saturated rings. The third kappa shape index (κ3) is 2.23. The molecule has 0 spiro atoms. The van der Waals surface area contributed by atoms with Crippen molar-refractivity contribution < 1.29 is 9.47 Å². The Hall–Kier alpha value is -0.420. The van der Waals surface area contributed by atoms with Crippen molar-refractivity contribution in [3.8, 4) is 0 Å². The van der Waals surface area contributed by atoms with Gasteiger partial charge in [0.15, 0.2) is 0 Å². The van der Waals surface area contributed by atoms with Crippen LogP contribution >= 0.6 is 15.9 Å². The summed E-state index contributed by atoms with van der Waals surface area (Å²) in [4.78, 5) is 0. The van der Waals surface area contributed by atoms with Gasteiger partial charge in [-0.25, -0.2) is 0 Å². The highest BCUT2D eigenvalue weighted by Gasteiger charge is 2.35. The van der Waals surface area contributed by atoms with Crippen LogP contribution in [0.25, 0.3) is 0 Å². The molecule has 0 atom stereocenters. The highest BCUT2D eigenvalue weighted by atomic mass is 79.9. The zero-order valence-corrected chi connectivity index (χ0v) is 10.00. The average Bonchev–Trinajstić information content (AvgIpc) is 2.31. The molecular weight excluding hydrogens is 258 g/mol. The molecule has 1 aliphatic rings. The SMILES string of the molecule is NCC1(c2ccc(Br)cc2)OCCCO1. The Balaban J connectivity index is 2.28. The lowest BCUT2D eigenvalue weighted by Crippen LogP contribution is -2.44. The Morgan fingerprint density at radius 1 is 1.20 bits per heavy atom. The van der Waals surface area contributed by atoms with Gasteiger partial charge in [-0.05, 0) is 18.6 Å². The average molecular weight is 272 g/mol. The van der Waals surface area contributed by atoms with Crippen LogP contribution in [0.2, 0.25) is 0 Å². The third-order valence-electron chi connectivity index (χ3n) is 2.51. The van der Waals surface area contributed by atoms with Gasteiger partial charge < -0.3 is 15.2 Å². The highest BCUT2D eigenvalue weighted by molar-refractivity contribution is 9.10. The van der Waals surface area contributed by atoms with E-state index in [2.05, 4.69) is 15.9 Å². The van der Waals surface area contributed by atoms with E-state index in [1.165, 1.54) is 0 Å². The molecule has 0 aliphatic carbocycles. The highest BCUT2D eigenvalue weighted by Crippen LogP contribution is 2.30. The number of rotatable bonds is 2. The number of halogens is 1. The van der Waals surface area contributed by atoms with Gasteiger partial charge in [0.2, 0.25) is 5.79 Å². The maximum atomic E-state index is 5.75. The lowest BCUT2D eigenvalue weighted by atomic mass is 10.1. The summed E-state index contributed by atoms with van der Waals surface area (Å²) in [5, 5.41) is 0. The van der Waals surface area contributed by atoms with Crippen LogP contribution in [0.15, 0.2) is 28.7 Å². The first-order chi connectivity index (χ1) is 7.27. The van der Waals surface area contributed by atoms with Gasteiger partial charge in [0.25, 0.3) is 0 Å². The summed E-state index contributed by atoms with van der Waals surface area (Å²) in [7, 11) is 0. The molecule has 1 saturated heterocycles. The predicted octanol–water partition coefficient (Wildman–Crippen LogP) is 2.00. The van der Waals surface area contributed by atoms with E-state index in [0.29, 0.717) is 19.8 Å². The first-order valence-corrected chi connectivity index (χ1v) is 5.80. The van der Waals surface area contributed by atoms with E-state index in [1.807, 2.05) is 24.3 Å². The molecule has 4 heteroatoms. The van der Waals surface area contributed by atoms with Gasteiger partial charge in [0.1, 0.15) is 0 Å². The summed E-state index contributed by atoms with van der Waals surface area (Å²) in [5.74, 6) is -0.737. The summed E-state index contributed by atoms with van der Waals surface area (Å²) < 4.78 is 12.4. The smallest absolute Gasteiger partial charge is 0.207 e. The zero-order valence-electron chi connectivity index (χ0n) is 8.41. The Bertz CT molecular complexity index is 320. The van der Waals surface area contributed by atoms with Gasteiger partial charge in [-0.15, -0.1) is 0 Å².